The number of amides is 1. The molecule has 0 radical (unpaired) electrons. The van der Waals surface area contributed by atoms with E-state index in [2.05, 4.69) is 5.32 Å². The smallest absolute Gasteiger partial charge is 0.217 e. The van der Waals surface area contributed by atoms with Crippen molar-refractivity contribution in [3.05, 3.63) is 29.3 Å². The Morgan fingerprint density at radius 3 is 2.94 bits per heavy atom. The van der Waals surface area contributed by atoms with Gasteiger partial charge in [0, 0.05) is 6.92 Å². The van der Waals surface area contributed by atoms with Gasteiger partial charge in [-0.3, -0.25) is 4.79 Å². The molecule has 2 atom stereocenters. The standard InChI is InChI=1S/C13H17NO3/c1-8(15)14-12-6-4-9-3-5-10(17-2)7-11(9)13(12)16/h3,5,7,12-13,16H,4,6H2,1-2H3,(H,14,15)/t12-,13-/m0/s1. The second kappa shape index (κ2) is 4.75. The quantitative estimate of drug-likeness (QED) is 0.809. The molecule has 2 rings (SSSR count). The number of hydrogen-bond acceptors (Lipinski definition) is 3. The van der Waals surface area contributed by atoms with Crippen molar-refractivity contribution in [1.29, 1.82) is 0 Å². The van der Waals surface area contributed by atoms with Crippen LogP contribution in [0.5, 0.6) is 5.75 Å². The second-order valence-corrected chi connectivity index (χ2v) is 4.36. The van der Waals surface area contributed by atoms with Crippen molar-refractivity contribution in [3.63, 3.8) is 0 Å². The molecule has 92 valence electrons. The Balaban J connectivity index is 2.26. The Hall–Kier alpha value is -1.55. The van der Waals surface area contributed by atoms with E-state index in [0.717, 1.165) is 29.7 Å². The van der Waals surface area contributed by atoms with E-state index in [9.17, 15) is 9.90 Å². The number of aliphatic hydroxyl groups excluding tert-OH is 1. The van der Waals surface area contributed by atoms with Gasteiger partial charge in [-0.2, -0.15) is 0 Å². The SMILES string of the molecule is COc1ccc2c(c1)[C@H](O)[C@@H](NC(C)=O)CC2. The van der Waals surface area contributed by atoms with Gasteiger partial charge in [-0.25, -0.2) is 0 Å². The monoisotopic (exact) mass is 235 g/mol. The number of aryl methyl sites for hydroxylation is 1. The minimum Gasteiger partial charge on any atom is -0.497 e. The van der Waals surface area contributed by atoms with Gasteiger partial charge in [0.1, 0.15) is 5.75 Å². The van der Waals surface area contributed by atoms with Crippen molar-refractivity contribution in [2.75, 3.05) is 7.11 Å². The van der Waals surface area contributed by atoms with Gasteiger partial charge < -0.3 is 15.2 Å². The van der Waals surface area contributed by atoms with Gasteiger partial charge in [0.2, 0.25) is 5.91 Å². The Kier molecular flexibility index (Phi) is 3.33. The number of benzene rings is 1. The lowest BCUT2D eigenvalue weighted by atomic mass is 9.85. The second-order valence-electron chi connectivity index (χ2n) is 4.36. The van der Waals surface area contributed by atoms with Crippen LogP contribution in [0.1, 0.15) is 30.6 Å². The largest absolute Gasteiger partial charge is 0.497 e. The maximum atomic E-state index is 11.0. The van der Waals surface area contributed by atoms with Gasteiger partial charge in [-0.05, 0) is 36.1 Å². The lowest BCUT2D eigenvalue weighted by molar-refractivity contribution is -0.120. The number of methoxy groups -OCH3 is 1. The molecule has 0 saturated heterocycles. The van der Waals surface area contributed by atoms with Gasteiger partial charge in [0.25, 0.3) is 0 Å². The normalized spacial score (nSPS) is 22.8. The number of carbonyl (C=O) groups is 1. The average molecular weight is 235 g/mol. The van der Waals surface area contributed by atoms with E-state index >= 15 is 0 Å². The van der Waals surface area contributed by atoms with Crippen LogP contribution in [0.25, 0.3) is 0 Å². The summed E-state index contributed by atoms with van der Waals surface area (Å²) in [4.78, 5) is 11.0. The van der Waals surface area contributed by atoms with Crippen molar-refractivity contribution in [2.24, 2.45) is 0 Å². The third-order valence-electron chi connectivity index (χ3n) is 3.17. The molecule has 0 bridgehead atoms. The topological polar surface area (TPSA) is 58.6 Å². The molecule has 2 N–H and O–H groups in total. The fourth-order valence-electron chi connectivity index (χ4n) is 2.30. The van der Waals surface area contributed by atoms with E-state index in [1.165, 1.54) is 6.92 Å². The van der Waals surface area contributed by atoms with Gasteiger partial charge in [-0.15, -0.1) is 0 Å². The summed E-state index contributed by atoms with van der Waals surface area (Å²) in [6.45, 7) is 1.47. The molecule has 0 fully saturated rings. The van der Waals surface area contributed by atoms with E-state index in [-0.39, 0.29) is 11.9 Å². The van der Waals surface area contributed by atoms with E-state index in [0.29, 0.717) is 0 Å². The highest BCUT2D eigenvalue weighted by Gasteiger charge is 2.28. The number of ether oxygens (including phenoxy) is 1. The molecule has 17 heavy (non-hydrogen) atoms. The highest BCUT2D eigenvalue weighted by Crippen LogP contribution is 2.32. The van der Waals surface area contributed by atoms with Crippen LogP contribution in [0.15, 0.2) is 18.2 Å². The molecular formula is C13H17NO3. The first-order valence-electron chi connectivity index (χ1n) is 5.74. The average Bonchev–Trinajstić information content (AvgIpc) is 2.32. The van der Waals surface area contributed by atoms with Crippen molar-refractivity contribution in [2.45, 2.75) is 31.9 Å². The zero-order valence-corrected chi connectivity index (χ0v) is 10.1. The molecule has 0 spiro atoms. The fraction of sp³-hybridized carbons (Fsp3) is 0.462. The van der Waals surface area contributed by atoms with Gasteiger partial charge in [-0.1, -0.05) is 6.07 Å². The van der Waals surface area contributed by atoms with Gasteiger partial charge >= 0.3 is 0 Å². The first-order valence-corrected chi connectivity index (χ1v) is 5.74. The van der Waals surface area contributed by atoms with Crippen LogP contribution in [-0.2, 0) is 11.2 Å². The molecule has 0 aliphatic heterocycles. The first-order chi connectivity index (χ1) is 8.11. The third-order valence-corrected chi connectivity index (χ3v) is 3.17. The molecule has 0 aromatic heterocycles. The van der Waals surface area contributed by atoms with Gasteiger partial charge in [0.15, 0.2) is 0 Å². The Morgan fingerprint density at radius 1 is 1.53 bits per heavy atom. The minimum atomic E-state index is -0.655. The van der Waals surface area contributed by atoms with Crippen LogP contribution in [-0.4, -0.2) is 24.2 Å². The van der Waals surface area contributed by atoms with Crippen LogP contribution in [0, 0.1) is 0 Å². The predicted molar refractivity (Wildman–Crippen MR) is 63.9 cm³/mol. The summed E-state index contributed by atoms with van der Waals surface area (Å²) >= 11 is 0. The molecule has 0 heterocycles. The summed E-state index contributed by atoms with van der Waals surface area (Å²) in [5, 5.41) is 13.0. The summed E-state index contributed by atoms with van der Waals surface area (Å²) in [6, 6.07) is 5.51. The van der Waals surface area contributed by atoms with Crippen LogP contribution in [0.3, 0.4) is 0 Å². The molecule has 1 amide bonds. The van der Waals surface area contributed by atoms with E-state index in [1.54, 1.807) is 7.11 Å². The highest BCUT2D eigenvalue weighted by molar-refractivity contribution is 5.73. The molecule has 4 heteroatoms. The van der Waals surface area contributed by atoms with Crippen LogP contribution >= 0.6 is 0 Å². The number of hydrogen-bond donors (Lipinski definition) is 2. The summed E-state index contributed by atoms with van der Waals surface area (Å²) in [5.41, 5.74) is 1.98. The molecule has 4 nitrogen and oxygen atoms in total. The van der Waals surface area contributed by atoms with Crippen molar-refractivity contribution < 1.29 is 14.6 Å². The van der Waals surface area contributed by atoms with Crippen LogP contribution < -0.4 is 10.1 Å². The van der Waals surface area contributed by atoms with Gasteiger partial charge in [0.05, 0.1) is 19.3 Å². The maximum absolute atomic E-state index is 11.0. The maximum Gasteiger partial charge on any atom is 0.217 e. The lowest BCUT2D eigenvalue weighted by Crippen LogP contribution is -2.40. The lowest BCUT2D eigenvalue weighted by Gasteiger charge is -2.30. The third kappa shape index (κ3) is 2.42. The van der Waals surface area contributed by atoms with Crippen LogP contribution in [0.4, 0.5) is 0 Å². The Morgan fingerprint density at radius 2 is 2.29 bits per heavy atom. The number of nitrogens with one attached hydrogen (secondary N) is 1. The van der Waals surface area contributed by atoms with E-state index in [1.807, 2.05) is 18.2 Å². The zero-order valence-electron chi connectivity index (χ0n) is 10.1. The molecule has 1 aliphatic rings. The zero-order chi connectivity index (χ0) is 12.4. The fourth-order valence-corrected chi connectivity index (χ4v) is 2.30. The Bertz CT molecular complexity index is 431. The summed E-state index contributed by atoms with van der Waals surface area (Å²) in [7, 11) is 1.60. The number of rotatable bonds is 2. The summed E-state index contributed by atoms with van der Waals surface area (Å²) < 4.78 is 5.15. The van der Waals surface area contributed by atoms with Crippen LogP contribution in [0.2, 0.25) is 0 Å². The molecule has 1 aromatic rings. The summed E-state index contributed by atoms with van der Waals surface area (Å²) in [5.74, 6) is 0.617. The number of fused-ring (bicyclic) bond motifs is 1. The number of carbonyl (C=O) groups excluding carboxylic acids is 1. The first kappa shape index (κ1) is 11.9. The highest BCUT2D eigenvalue weighted by atomic mass is 16.5. The van der Waals surface area contributed by atoms with E-state index < -0.39 is 6.10 Å². The molecule has 0 unspecified atom stereocenters. The van der Waals surface area contributed by atoms with Crippen molar-refractivity contribution in [1.82, 2.24) is 5.32 Å². The Labute approximate surface area is 101 Å². The summed E-state index contributed by atoms with van der Waals surface area (Å²) in [6.07, 6.45) is 0.972. The molecular weight excluding hydrogens is 218 g/mol. The minimum absolute atomic E-state index is 0.111. The molecule has 0 saturated carbocycles. The molecule has 1 aliphatic carbocycles. The number of aliphatic hydroxyl groups is 1. The van der Waals surface area contributed by atoms with Crippen molar-refractivity contribution >= 4 is 5.91 Å². The predicted octanol–water partition coefficient (Wildman–Crippen LogP) is 1.18. The van der Waals surface area contributed by atoms with Crippen molar-refractivity contribution in [3.8, 4) is 5.75 Å². The van der Waals surface area contributed by atoms with E-state index in [4.69, 9.17) is 4.74 Å². The molecule has 1 aromatic carbocycles.